The van der Waals surface area contributed by atoms with Crippen molar-refractivity contribution in [2.75, 3.05) is 30.8 Å². The summed E-state index contributed by atoms with van der Waals surface area (Å²) in [5, 5.41) is 19.0. The Morgan fingerprint density at radius 1 is 1.00 bits per heavy atom. The molecular weight excluding hydrogens is 344 g/mol. The Kier molecular flexibility index (Phi) is 5.73. The van der Waals surface area contributed by atoms with Crippen molar-refractivity contribution in [2.45, 2.75) is 6.54 Å². The second-order valence-electron chi connectivity index (χ2n) is 6.17. The summed E-state index contributed by atoms with van der Waals surface area (Å²) in [7, 11) is 1.90. The minimum Gasteiger partial charge on any atom is -0.480 e. The summed E-state index contributed by atoms with van der Waals surface area (Å²) in [6.45, 7) is 1.58. The van der Waals surface area contributed by atoms with Gasteiger partial charge < -0.3 is 25.6 Å². The Hall–Kier alpha value is -3.32. The number of carbonyl (C=O) groups excluding carboxylic acids is 1. The number of likely N-dealkylation sites (N-methyl/N-ethyl adjacent to an activating group) is 1. The minimum atomic E-state index is -0.895. The Labute approximate surface area is 157 Å². The average molecular weight is 366 g/mol. The zero-order valence-electron chi connectivity index (χ0n) is 15.0. The molecule has 27 heavy (non-hydrogen) atoms. The van der Waals surface area contributed by atoms with Gasteiger partial charge in [0.2, 0.25) is 0 Å². The first-order chi connectivity index (χ1) is 13.1. The minimum absolute atomic E-state index is 0.0933. The van der Waals surface area contributed by atoms with Crippen molar-refractivity contribution in [3.8, 4) is 0 Å². The Morgan fingerprint density at radius 3 is 2.44 bits per heavy atom. The van der Waals surface area contributed by atoms with E-state index in [1.54, 1.807) is 29.0 Å². The third-order valence-corrected chi connectivity index (χ3v) is 4.19. The number of aromatic nitrogens is 1. The highest BCUT2D eigenvalue weighted by molar-refractivity contribution is 6.05. The summed E-state index contributed by atoms with van der Waals surface area (Å²) in [5.74, 6) is -1.09. The normalized spacial score (nSPS) is 10.7. The number of hydrogen-bond donors (Lipinski definition) is 4. The van der Waals surface area contributed by atoms with Crippen LogP contribution in [0.4, 0.5) is 11.4 Å². The summed E-state index contributed by atoms with van der Waals surface area (Å²) < 4.78 is 1.66. The average Bonchev–Trinajstić information content (AvgIpc) is 3.04. The van der Waals surface area contributed by atoms with Crippen LogP contribution in [0, 0.1) is 0 Å². The monoisotopic (exact) mass is 366 g/mol. The summed E-state index contributed by atoms with van der Waals surface area (Å²) >= 11 is 0. The van der Waals surface area contributed by atoms with E-state index < -0.39 is 5.97 Å². The molecule has 0 unspecified atom stereocenters. The molecule has 1 aromatic heterocycles. The van der Waals surface area contributed by atoms with Crippen molar-refractivity contribution in [3.63, 3.8) is 0 Å². The van der Waals surface area contributed by atoms with E-state index in [0.717, 1.165) is 29.7 Å². The van der Waals surface area contributed by atoms with Crippen molar-refractivity contribution in [1.29, 1.82) is 0 Å². The number of aliphatic carboxylic acids is 1. The number of carboxylic acids is 1. The van der Waals surface area contributed by atoms with Gasteiger partial charge in [0.25, 0.3) is 5.91 Å². The second-order valence-corrected chi connectivity index (χ2v) is 6.17. The van der Waals surface area contributed by atoms with Crippen molar-refractivity contribution in [3.05, 3.63) is 60.3 Å². The van der Waals surface area contributed by atoms with E-state index in [-0.39, 0.29) is 12.5 Å². The van der Waals surface area contributed by atoms with Crippen LogP contribution in [0.2, 0.25) is 0 Å². The molecule has 0 aliphatic carbocycles. The molecule has 0 saturated carbocycles. The Bertz CT molecular complexity index is 948. The molecule has 2 aromatic carbocycles. The van der Waals surface area contributed by atoms with Gasteiger partial charge in [0, 0.05) is 47.1 Å². The topological polar surface area (TPSA) is 95.4 Å². The van der Waals surface area contributed by atoms with Crippen LogP contribution in [0.1, 0.15) is 10.4 Å². The molecule has 4 N–H and O–H groups in total. The fourth-order valence-corrected chi connectivity index (χ4v) is 2.84. The van der Waals surface area contributed by atoms with E-state index in [2.05, 4.69) is 16.0 Å². The van der Waals surface area contributed by atoms with Gasteiger partial charge in [-0.25, -0.2) is 0 Å². The third kappa shape index (κ3) is 4.65. The maximum absolute atomic E-state index is 12.4. The fraction of sp³-hybridized carbons (Fsp3) is 0.200. The van der Waals surface area contributed by atoms with E-state index in [1.165, 1.54) is 0 Å². The molecule has 1 heterocycles. The maximum Gasteiger partial charge on any atom is 0.323 e. The quantitative estimate of drug-likeness (QED) is 0.460. The molecule has 0 aliphatic heterocycles. The van der Waals surface area contributed by atoms with Crippen molar-refractivity contribution in [1.82, 2.24) is 9.88 Å². The number of anilines is 2. The molecule has 0 bridgehead atoms. The highest BCUT2D eigenvalue weighted by atomic mass is 16.4. The molecule has 7 nitrogen and oxygen atoms in total. The molecule has 0 atom stereocenters. The number of nitrogens with zero attached hydrogens (tertiary/aromatic N) is 1. The summed E-state index contributed by atoms with van der Waals surface area (Å²) in [6.07, 6.45) is 1.73. The fourth-order valence-electron chi connectivity index (χ4n) is 2.84. The van der Waals surface area contributed by atoms with Crippen LogP contribution in [0.15, 0.2) is 54.7 Å². The van der Waals surface area contributed by atoms with Gasteiger partial charge in [0.1, 0.15) is 6.54 Å². The molecule has 1 amide bonds. The zero-order valence-corrected chi connectivity index (χ0v) is 15.0. The molecule has 3 aromatic rings. The van der Waals surface area contributed by atoms with Gasteiger partial charge in [-0.15, -0.1) is 0 Å². The molecule has 3 rings (SSSR count). The highest BCUT2D eigenvalue weighted by Gasteiger charge is 2.09. The van der Waals surface area contributed by atoms with Crippen LogP contribution < -0.4 is 16.0 Å². The van der Waals surface area contributed by atoms with Crippen molar-refractivity contribution < 1.29 is 14.7 Å². The number of benzene rings is 2. The molecule has 0 spiro atoms. The van der Waals surface area contributed by atoms with Crippen LogP contribution in [0.25, 0.3) is 10.9 Å². The number of fused-ring (bicyclic) bond motifs is 1. The first-order valence-corrected chi connectivity index (χ1v) is 8.67. The number of carboxylic acid groups (broad SMARTS) is 1. The molecule has 140 valence electrons. The SMILES string of the molecule is CNCCNc1ccc(C(=O)Nc2ccc3c(ccn3CC(=O)O)c2)cc1. The molecule has 0 saturated heterocycles. The second kappa shape index (κ2) is 8.37. The van der Waals surface area contributed by atoms with Gasteiger partial charge in [-0.1, -0.05) is 0 Å². The van der Waals surface area contributed by atoms with Crippen LogP contribution in [-0.2, 0) is 11.3 Å². The van der Waals surface area contributed by atoms with Crippen LogP contribution >= 0.6 is 0 Å². The van der Waals surface area contributed by atoms with Gasteiger partial charge in [-0.05, 0) is 55.6 Å². The Morgan fingerprint density at radius 2 is 1.74 bits per heavy atom. The lowest BCUT2D eigenvalue weighted by atomic mass is 10.1. The lowest BCUT2D eigenvalue weighted by Gasteiger charge is -2.09. The predicted molar refractivity (Wildman–Crippen MR) is 106 cm³/mol. The largest absolute Gasteiger partial charge is 0.480 e. The number of carbonyl (C=O) groups is 2. The lowest BCUT2D eigenvalue weighted by Crippen LogP contribution is -2.17. The highest BCUT2D eigenvalue weighted by Crippen LogP contribution is 2.21. The lowest BCUT2D eigenvalue weighted by molar-refractivity contribution is -0.137. The van der Waals surface area contributed by atoms with Gasteiger partial charge >= 0.3 is 5.97 Å². The molecule has 7 heteroatoms. The van der Waals surface area contributed by atoms with E-state index in [9.17, 15) is 9.59 Å². The van der Waals surface area contributed by atoms with Crippen molar-refractivity contribution in [2.24, 2.45) is 0 Å². The standard InChI is InChI=1S/C20H22N4O3/c1-21-9-10-22-16-4-2-14(3-5-16)20(27)23-17-6-7-18-15(12-17)8-11-24(18)13-19(25)26/h2-8,11-12,21-22H,9-10,13H2,1H3,(H,23,27)(H,25,26). The van der Waals surface area contributed by atoms with Gasteiger partial charge in [0.15, 0.2) is 0 Å². The number of hydrogen-bond acceptors (Lipinski definition) is 4. The van der Waals surface area contributed by atoms with Crippen LogP contribution in [-0.4, -0.2) is 41.7 Å². The summed E-state index contributed by atoms with van der Waals surface area (Å²) in [4.78, 5) is 23.3. The third-order valence-electron chi connectivity index (χ3n) is 4.19. The molecule has 0 aliphatic rings. The smallest absolute Gasteiger partial charge is 0.323 e. The van der Waals surface area contributed by atoms with Crippen molar-refractivity contribution >= 4 is 34.2 Å². The Balaban J connectivity index is 1.67. The van der Waals surface area contributed by atoms with E-state index in [1.807, 2.05) is 37.4 Å². The first kappa shape index (κ1) is 18.5. The zero-order chi connectivity index (χ0) is 19.2. The summed E-state index contributed by atoms with van der Waals surface area (Å²) in [5.41, 5.74) is 3.00. The van der Waals surface area contributed by atoms with E-state index in [4.69, 9.17) is 5.11 Å². The van der Waals surface area contributed by atoms with Gasteiger partial charge in [0.05, 0.1) is 0 Å². The van der Waals surface area contributed by atoms with Gasteiger partial charge in [-0.2, -0.15) is 0 Å². The molecule has 0 fully saturated rings. The van der Waals surface area contributed by atoms with E-state index >= 15 is 0 Å². The first-order valence-electron chi connectivity index (χ1n) is 8.67. The number of amides is 1. The number of rotatable bonds is 8. The summed E-state index contributed by atoms with van der Waals surface area (Å²) in [6, 6.07) is 14.5. The molecule has 0 radical (unpaired) electrons. The van der Waals surface area contributed by atoms with Crippen LogP contribution in [0.3, 0.4) is 0 Å². The maximum atomic E-state index is 12.4. The molecular formula is C20H22N4O3. The van der Waals surface area contributed by atoms with E-state index in [0.29, 0.717) is 11.3 Å². The predicted octanol–water partition coefficient (Wildman–Crippen LogP) is 2.61. The number of nitrogens with one attached hydrogen (secondary N) is 3. The van der Waals surface area contributed by atoms with Gasteiger partial charge in [-0.3, -0.25) is 9.59 Å². The van der Waals surface area contributed by atoms with Crippen LogP contribution in [0.5, 0.6) is 0 Å².